The van der Waals surface area contributed by atoms with Crippen molar-refractivity contribution < 1.29 is 8.78 Å². The van der Waals surface area contributed by atoms with Gasteiger partial charge in [-0.1, -0.05) is 6.07 Å². The number of rotatable bonds is 2. The largest absolute Gasteiger partial charge is 0.397 e. The van der Waals surface area contributed by atoms with Crippen molar-refractivity contribution in [3.05, 3.63) is 24.0 Å². The van der Waals surface area contributed by atoms with E-state index in [9.17, 15) is 8.78 Å². The predicted octanol–water partition coefficient (Wildman–Crippen LogP) is 3.51. The number of alkyl halides is 2. The van der Waals surface area contributed by atoms with Gasteiger partial charge in [0, 0.05) is 24.3 Å². The van der Waals surface area contributed by atoms with Crippen LogP contribution in [0.2, 0.25) is 0 Å². The van der Waals surface area contributed by atoms with Gasteiger partial charge < -0.3 is 11.1 Å². The molecule has 2 aromatic rings. The maximum Gasteiger partial charge on any atom is 0.248 e. The molecule has 0 aliphatic heterocycles. The normalized spacial score (nSPS) is 18.8. The Labute approximate surface area is 121 Å². The molecule has 1 aliphatic carbocycles. The van der Waals surface area contributed by atoms with Gasteiger partial charge in [-0.2, -0.15) is 0 Å². The molecule has 112 valence electrons. The van der Waals surface area contributed by atoms with Crippen molar-refractivity contribution in [2.75, 3.05) is 11.1 Å². The van der Waals surface area contributed by atoms with Crippen molar-refractivity contribution in [2.24, 2.45) is 0 Å². The lowest BCUT2D eigenvalue weighted by atomic mass is 9.92. The zero-order valence-electron chi connectivity index (χ0n) is 11.9. The Kier molecular flexibility index (Phi) is 3.39. The minimum absolute atomic E-state index is 0.0172. The van der Waals surface area contributed by atoms with E-state index >= 15 is 0 Å². The van der Waals surface area contributed by atoms with E-state index in [0.717, 1.165) is 5.39 Å². The molecule has 1 fully saturated rings. The molecule has 6 heteroatoms. The van der Waals surface area contributed by atoms with Gasteiger partial charge in [-0.05, 0) is 31.9 Å². The highest BCUT2D eigenvalue weighted by atomic mass is 19.3. The molecule has 0 radical (unpaired) electrons. The van der Waals surface area contributed by atoms with E-state index in [4.69, 9.17) is 5.73 Å². The summed E-state index contributed by atoms with van der Waals surface area (Å²) in [7, 11) is 0. The summed E-state index contributed by atoms with van der Waals surface area (Å²) >= 11 is 0. The number of fused-ring (bicyclic) bond motifs is 1. The van der Waals surface area contributed by atoms with Crippen LogP contribution in [-0.4, -0.2) is 21.9 Å². The molecule has 1 aromatic heterocycles. The maximum atomic E-state index is 13.2. The Morgan fingerprint density at radius 2 is 1.95 bits per heavy atom. The number of halogens is 2. The fourth-order valence-corrected chi connectivity index (χ4v) is 2.77. The SMILES string of the molecule is Cc1nc(NC2CCC(F)(F)CC2)c2cccc(N)c2n1. The summed E-state index contributed by atoms with van der Waals surface area (Å²) in [6, 6.07) is 5.55. The molecule has 1 saturated carbocycles. The van der Waals surface area contributed by atoms with Crippen molar-refractivity contribution in [2.45, 2.75) is 44.6 Å². The van der Waals surface area contributed by atoms with Crippen LogP contribution in [0.3, 0.4) is 0 Å². The molecular formula is C15H18F2N4. The number of para-hydroxylation sites is 1. The second kappa shape index (κ2) is 5.09. The minimum atomic E-state index is -2.52. The van der Waals surface area contributed by atoms with Gasteiger partial charge in [-0.15, -0.1) is 0 Å². The summed E-state index contributed by atoms with van der Waals surface area (Å²) < 4.78 is 26.4. The van der Waals surface area contributed by atoms with E-state index in [1.54, 1.807) is 13.0 Å². The number of nitrogens with two attached hydrogens (primary N) is 1. The zero-order chi connectivity index (χ0) is 15.0. The average Bonchev–Trinajstić information content (AvgIpc) is 2.42. The molecule has 0 saturated heterocycles. The number of nitrogen functional groups attached to an aromatic ring is 1. The third-order valence-electron chi connectivity index (χ3n) is 3.93. The van der Waals surface area contributed by atoms with Crippen LogP contribution in [0, 0.1) is 6.92 Å². The second-order valence-electron chi connectivity index (χ2n) is 5.64. The second-order valence-corrected chi connectivity index (χ2v) is 5.64. The fraction of sp³-hybridized carbons (Fsp3) is 0.467. The van der Waals surface area contributed by atoms with Gasteiger partial charge in [0.25, 0.3) is 0 Å². The highest BCUT2D eigenvalue weighted by Gasteiger charge is 2.35. The molecule has 0 unspecified atom stereocenters. The van der Waals surface area contributed by atoms with Crippen LogP contribution in [0.5, 0.6) is 0 Å². The predicted molar refractivity (Wildman–Crippen MR) is 79.5 cm³/mol. The summed E-state index contributed by atoms with van der Waals surface area (Å²) in [5.74, 6) is -1.23. The first-order valence-electron chi connectivity index (χ1n) is 7.12. The number of hydrogen-bond donors (Lipinski definition) is 2. The molecule has 3 N–H and O–H groups in total. The lowest BCUT2D eigenvalue weighted by molar-refractivity contribution is -0.0361. The fourth-order valence-electron chi connectivity index (χ4n) is 2.77. The molecular weight excluding hydrogens is 274 g/mol. The van der Waals surface area contributed by atoms with Crippen LogP contribution in [0.25, 0.3) is 10.9 Å². The Morgan fingerprint density at radius 1 is 1.24 bits per heavy atom. The molecule has 0 amide bonds. The Hall–Kier alpha value is -1.98. The summed E-state index contributed by atoms with van der Waals surface area (Å²) in [6.07, 6.45) is 0.739. The van der Waals surface area contributed by atoms with Crippen molar-refractivity contribution in [3.63, 3.8) is 0 Å². The average molecular weight is 292 g/mol. The molecule has 21 heavy (non-hydrogen) atoms. The van der Waals surface area contributed by atoms with Gasteiger partial charge in [0.05, 0.1) is 11.2 Å². The maximum absolute atomic E-state index is 13.2. The van der Waals surface area contributed by atoms with E-state index < -0.39 is 5.92 Å². The van der Waals surface area contributed by atoms with E-state index in [1.165, 1.54) is 0 Å². The van der Waals surface area contributed by atoms with Gasteiger partial charge in [-0.25, -0.2) is 18.7 Å². The number of nitrogens with zero attached hydrogens (tertiary/aromatic N) is 2. The van der Waals surface area contributed by atoms with Crippen LogP contribution < -0.4 is 11.1 Å². The Bertz CT molecular complexity index is 662. The number of aromatic nitrogens is 2. The monoisotopic (exact) mass is 292 g/mol. The van der Waals surface area contributed by atoms with Gasteiger partial charge in [0.15, 0.2) is 0 Å². The smallest absolute Gasteiger partial charge is 0.248 e. The van der Waals surface area contributed by atoms with E-state index in [1.807, 2.05) is 12.1 Å². The molecule has 1 heterocycles. The van der Waals surface area contributed by atoms with Crippen LogP contribution in [-0.2, 0) is 0 Å². The van der Waals surface area contributed by atoms with Crippen molar-refractivity contribution >= 4 is 22.4 Å². The summed E-state index contributed by atoms with van der Waals surface area (Å²) in [6.45, 7) is 1.80. The molecule has 0 bridgehead atoms. The molecule has 0 atom stereocenters. The number of benzene rings is 1. The van der Waals surface area contributed by atoms with E-state index in [-0.39, 0.29) is 18.9 Å². The van der Waals surface area contributed by atoms with E-state index in [2.05, 4.69) is 15.3 Å². The van der Waals surface area contributed by atoms with Crippen LogP contribution in [0.15, 0.2) is 18.2 Å². The first kappa shape index (κ1) is 14.0. The Morgan fingerprint density at radius 3 is 2.67 bits per heavy atom. The van der Waals surface area contributed by atoms with Crippen LogP contribution >= 0.6 is 0 Å². The first-order chi connectivity index (χ1) is 9.94. The zero-order valence-corrected chi connectivity index (χ0v) is 11.9. The summed E-state index contributed by atoms with van der Waals surface area (Å²) in [4.78, 5) is 8.76. The lowest BCUT2D eigenvalue weighted by Crippen LogP contribution is -2.32. The van der Waals surface area contributed by atoms with Gasteiger partial charge in [0.1, 0.15) is 11.6 Å². The number of anilines is 2. The Balaban J connectivity index is 1.89. The van der Waals surface area contributed by atoms with Crippen molar-refractivity contribution in [1.29, 1.82) is 0 Å². The molecule has 1 aromatic carbocycles. The number of hydrogen-bond acceptors (Lipinski definition) is 4. The first-order valence-corrected chi connectivity index (χ1v) is 7.12. The van der Waals surface area contributed by atoms with Gasteiger partial charge >= 0.3 is 0 Å². The quantitative estimate of drug-likeness (QED) is 0.831. The molecule has 0 spiro atoms. The summed E-state index contributed by atoms with van der Waals surface area (Å²) in [5, 5.41) is 4.12. The molecule has 3 rings (SSSR count). The standard InChI is InChI=1S/C15H18F2N4/c1-9-19-13-11(3-2-4-12(13)18)14(20-9)21-10-5-7-15(16,17)8-6-10/h2-4,10H,5-8,18H2,1H3,(H,19,20,21). The van der Waals surface area contributed by atoms with Crippen molar-refractivity contribution in [1.82, 2.24) is 9.97 Å². The number of aryl methyl sites for hydroxylation is 1. The third-order valence-corrected chi connectivity index (χ3v) is 3.93. The summed E-state index contributed by atoms with van der Waals surface area (Å²) in [5.41, 5.74) is 7.24. The van der Waals surface area contributed by atoms with Crippen LogP contribution in [0.1, 0.15) is 31.5 Å². The highest BCUT2D eigenvalue weighted by Crippen LogP contribution is 2.35. The number of nitrogens with one attached hydrogen (secondary N) is 1. The van der Waals surface area contributed by atoms with Crippen molar-refractivity contribution in [3.8, 4) is 0 Å². The highest BCUT2D eigenvalue weighted by molar-refractivity contribution is 5.96. The third kappa shape index (κ3) is 2.89. The van der Waals surface area contributed by atoms with Gasteiger partial charge in [-0.3, -0.25) is 0 Å². The van der Waals surface area contributed by atoms with Crippen LogP contribution in [0.4, 0.5) is 20.3 Å². The molecule has 1 aliphatic rings. The molecule has 4 nitrogen and oxygen atoms in total. The van der Waals surface area contributed by atoms with E-state index in [0.29, 0.717) is 35.7 Å². The minimum Gasteiger partial charge on any atom is -0.397 e. The van der Waals surface area contributed by atoms with Gasteiger partial charge in [0.2, 0.25) is 5.92 Å². The lowest BCUT2D eigenvalue weighted by Gasteiger charge is -2.29. The topological polar surface area (TPSA) is 63.8 Å².